The number of rotatable bonds is 7. The molecule has 0 saturated carbocycles. The Hall–Kier alpha value is -4.58. The van der Waals surface area contributed by atoms with E-state index < -0.39 is 12.4 Å². The Labute approximate surface area is 264 Å². The first-order valence-corrected chi connectivity index (χ1v) is 15.4. The van der Waals surface area contributed by atoms with E-state index in [1.165, 1.54) is 40.8 Å². The number of halogens is 3. The van der Waals surface area contributed by atoms with E-state index in [1.807, 2.05) is 37.3 Å². The number of thioether (sulfide) groups is 1. The Balaban J connectivity index is 1.24. The number of amidine groups is 1. The van der Waals surface area contributed by atoms with Gasteiger partial charge in [-0.1, -0.05) is 62.0 Å². The maximum atomic E-state index is 13.0. The number of aliphatic imine (C=N–C) groups is 1. The quantitative estimate of drug-likeness (QED) is 0.220. The fourth-order valence-electron chi connectivity index (χ4n) is 4.87. The number of allylic oxidation sites excluding steroid dienone is 1. The third-order valence-corrected chi connectivity index (χ3v) is 8.03. The number of carbonyl (C=O) groups is 1. The first-order chi connectivity index (χ1) is 21.4. The molecule has 4 aromatic rings. The Morgan fingerprint density at radius 2 is 1.82 bits per heavy atom. The molecule has 2 heterocycles. The highest BCUT2D eigenvalue weighted by atomic mass is 32.2. The van der Waals surface area contributed by atoms with Gasteiger partial charge in [-0.25, -0.2) is 14.5 Å². The van der Waals surface area contributed by atoms with E-state index in [-0.39, 0.29) is 5.75 Å². The number of amides is 2. The first kappa shape index (κ1) is 31.8. The van der Waals surface area contributed by atoms with Crippen molar-refractivity contribution in [1.29, 1.82) is 0 Å². The van der Waals surface area contributed by atoms with Crippen LogP contribution in [0.3, 0.4) is 0 Å². The Morgan fingerprint density at radius 3 is 2.51 bits per heavy atom. The minimum absolute atomic E-state index is 0.313. The summed E-state index contributed by atoms with van der Waals surface area (Å²) in [6.07, 6.45) is -0.410. The molecule has 1 fully saturated rings. The fraction of sp³-hybridized carbons (Fsp3) is 0.273. The van der Waals surface area contributed by atoms with Gasteiger partial charge in [-0.05, 0) is 79.3 Å². The molecule has 1 aliphatic rings. The molecule has 0 atom stereocenters. The molecule has 3 aromatic carbocycles. The van der Waals surface area contributed by atoms with Crippen molar-refractivity contribution in [1.82, 2.24) is 20.1 Å². The molecular weight excluding hydrogens is 601 g/mol. The van der Waals surface area contributed by atoms with Crippen molar-refractivity contribution in [3.8, 4) is 22.8 Å². The van der Waals surface area contributed by atoms with Crippen LogP contribution in [-0.2, 0) is 0 Å². The summed E-state index contributed by atoms with van der Waals surface area (Å²) in [5, 5.41) is 8.01. The largest absolute Gasteiger partial charge is 0.573 e. The highest BCUT2D eigenvalue weighted by Gasteiger charge is 2.31. The van der Waals surface area contributed by atoms with Crippen LogP contribution in [0.5, 0.6) is 5.75 Å². The highest BCUT2D eigenvalue weighted by molar-refractivity contribution is 8.14. The van der Waals surface area contributed by atoms with Crippen LogP contribution in [0.15, 0.2) is 83.7 Å². The van der Waals surface area contributed by atoms with Crippen LogP contribution in [0.2, 0.25) is 0 Å². The van der Waals surface area contributed by atoms with Gasteiger partial charge in [0.25, 0.3) is 0 Å². The van der Waals surface area contributed by atoms with Gasteiger partial charge in [-0.3, -0.25) is 0 Å². The standard InChI is InChI=1S/C33H33F3N6O2S/c1-21(2)28-15-6-22(3)18-29(28)41-16-5-17-45-32(41)39-31(43)38-23(4)19-24-7-9-25(10-8-24)30-37-20-42(40-30)26-11-13-27(14-12-26)44-33(34,35)36/h6-15,18-21H,5,16-17H2,1-4H3,(H,38,43)/b23-19+,39-32?. The summed E-state index contributed by atoms with van der Waals surface area (Å²) in [6, 6.07) is 18.8. The van der Waals surface area contributed by atoms with Crippen molar-refractivity contribution < 1.29 is 22.7 Å². The summed E-state index contributed by atoms with van der Waals surface area (Å²) in [4.78, 5) is 23.9. The lowest BCUT2D eigenvalue weighted by atomic mass is 9.98. The summed E-state index contributed by atoms with van der Waals surface area (Å²) < 4.78 is 42.7. The lowest BCUT2D eigenvalue weighted by Gasteiger charge is -2.32. The zero-order valence-electron chi connectivity index (χ0n) is 25.3. The molecule has 45 heavy (non-hydrogen) atoms. The van der Waals surface area contributed by atoms with Crippen LogP contribution < -0.4 is 15.0 Å². The number of aryl methyl sites for hydroxylation is 1. The van der Waals surface area contributed by atoms with Gasteiger partial charge in [0.2, 0.25) is 0 Å². The molecule has 12 heteroatoms. The van der Waals surface area contributed by atoms with E-state index in [9.17, 15) is 18.0 Å². The van der Waals surface area contributed by atoms with E-state index in [0.717, 1.165) is 41.1 Å². The third-order valence-electron chi connectivity index (χ3n) is 6.97. The number of aromatic nitrogens is 3. The molecule has 0 radical (unpaired) electrons. The highest BCUT2D eigenvalue weighted by Crippen LogP contribution is 2.33. The van der Waals surface area contributed by atoms with Gasteiger partial charge in [0.15, 0.2) is 11.0 Å². The van der Waals surface area contributed by atoms with Gasteiger partial charge in [-0.2, -0.15) is 4.99 Å². The second kappa shape index (κ2) is 13.6. The van der Waals surface area contributed by atoms with Crippen molar-refractivity contribution in [3.05, 3.63) is 95.4 Å². The second-order valence-corrected chi connectivity index (χ2v) is 12.0. The molecule has 234 valence electrons. The van der Waals surface area contributed by atoms with E-state index in [0.29, 0.717) is 28.3 Å². The van der Waals surface area contributed by atoms with Crippen molar-refractivity contribution in [3.63, 3.8) is 0 Å². The summed E-state index contributed by atoms with van der Waals surface area (Å²) in [5.41, 5.74) is 6.28. The Morgan fingerprint density at radius 1 is 1.09 bits per heavy atom. The summed E-state index contributed by atoms with van der Waals surface area (Å²) in [6.45, 7) is 9.02. The number of hydrogen-bond acceptors (Lipinski definition) is 5. The van der Waals surface area contributed by atoms with Crippen molar-refractivity contribution in [2.24, 2.45) is 4.99 Å². The normalized spacial score (nSPS) is 15.1. The number of alkyl halides is 3. The van der Waals surface area contributed by atoms with Gasteiger partial charge in [0.05, 0.1) is 5.69 Å². The summed E-state index contributed by atoms with van der Waals surface area (Å²) in [5.74, 6) is 1.38. The van der Waals surface area contributed by atoms with Gasteiger partial charge in [0.1, 0.15) is 12.1 Å². The number of nitrogens with zero attached hydrogens (tertiary/aromatic N) is 5. The molecule has 1 N–H and O–H groups in total. The molecule has 1 aliphatic heterocycles. The van der Waals surface area contributed by atoms with Gasteiger partial charge in [-0.15, -0.1) is 18.3 Å². The number of carbonyl (C=O) groups excluding carboxylic acids is 1. The van der Waals surface area contributed by atoms with Crippen LogP contribution in [0.25, 0.3) is 23.2 Å². The second-order valence-electron chi connectivity index (χ2n) is 10.9. The Kier molecular flexibility index (Phi) is 9.62. The zero-order valence-corrected chi connectivity index (χ0v) is 26.1. The molecule has 0 unspecified atom stereocenters. The minimum atomic E-state index is -4.75. The van der Waals surface area contributed by atoms with Crippen LogP contribution in [0, 0.1) is 6.92 Å². The van der Waals surface area contributed by atoms with E-state index >= 15 is 0 Å². The summed E-state index contributed by atoms with van der Waals surface area (Å²) >= 11 is 1.59. The molecule has 1 saturated heterocycles. The average molecular weight is 635 g/mol. The topological polar surface area (TPSA) is 84.6 Å². The van der Waals surface area contributed by atoms with E-state index in [4.69, 9.17) is 0 Å². The van der Waals surface area contributed by atoms with E-state index in [2.05, 4.69) is 69.0 Å². The molecule has 2 amide bonds. The van der Waals surface area contributed by atoms with Crippen LogP contribution in [0.1, 0.15) is 49.8 Å². The number of benzene rings is 3. The molecule has 5 rings (SSSR count). The maximum absolute atomic E-state index is 13.0. The van der Waals surface area contributed by atoms with Gasteiger partial charge >= 0.3 is 12.4 Å². The maximum Gasteiger partial charge on any atom is 0.573 e. The lowest BCUT2D eigenvalue weighted by molar-refractivity contribution is -0.274. The van der Waals surface area contributed by atoms with E-state index in [1.54, 1.807) is 11.8 Å². The lowest BCUT2D eigenvalue weighted by Crippen LogP contribution is -2.36. The minimum Gasteiger partial charge on any atom is -0.406 e. The van der Waals surface area contributed by atoms with Crippen molar-refractivity contribution >= 4 is 34.7 Å². The molecular formula is C33H33F3N6O2S. The smallest absolute Gasteiger partial charge is 0.406 e. The monoisotopic (exact) mass is 634 g/mol. The average Bonchev–Trinajstić information content (AvgIpc) is 3.47. The predicted molar refractivity (Wildman–Crippen MR) is 173 cm³/mol. The van der Waals surface area contributed by atoms with Crippen LogP contribution in [-0.4, -0.2) is 44.6 Å². The SMILES string of the molecule is C/C(=C\c1ccc(-c2ncn(-c3ccc(OC(F)(F)F)cc3)n2)cc1)NC(=O)N=C1SCCCN1c1cc(C)ccc1C(C)C. The van der Waals surface area contributed by atoms with Crippen molar-refractivity contribution in [2.75, 3.05) is 17.2 Å². The molecule has 0 spiro atoms. The number of anilines is 1. The molecule has 0 bridgehead atoms. The van der Waals surface area contributed by atoms with Crippen LogP contribution >= 0.6 is 11.8 Å². The van der Waals surface area contributed by atoms with Crippen LogP contribution in [0.4, 0.5) is 23.7 Å². The van der Waals surface area contributed by atoms with Crippen molar-refractivity contribution in [2.45, 2.75) is 46.4 Å². The Bertz CT molecular complexity index is 1710. The number of ether oxygens (including phenoxy) is 1. The molecule has 1 aromatic heterocycles. The third kappa shape index (κ3) is 8.33. The van der Waals surface area contributed by atoms with Gasteiger partial charge in [0, 0.05) is 29.2 Å². The fourth-order valence-corrected chi connectivity index (χ4v) is 5.82. The number of hydrogen-bond donors (Lipinski definition) is 1. The van der Waals surface area contributed by atoms with Gasteiger partial charge < -0.3 is 15.0 Å². The first-order valence-electron chi connectivity index (χ1n) is 14.4. The summed E-state index contributed by atoms with van der Waals surface area (Å²) in [7, 11) is 0. The predicted octanol–water partition coefficient (Wildman–Crippen LogP) is 8.33. The zero-order chi connectivity index (χ0) is 32.1. The number of urea groups is 1. The molecule has 8 nitrogen and oxygen atoms in total. The molecule has 0 aliphatic carbocycles. The number of nitrogens with one attached hydrogen (secondary N) is 1.